The Morgan fingerprint density at radius 2 is 2.67 bits per heavy atom. The fourth-order valence-electron chi connectivity index (χ4n) is 1.40. The summed E-state index contributed by atoms with van der Waals surface area (Å²) in [5.74, 6) is 1.01. The Morgan fingerprint density at radius 3 is 3.33 bits per heavy atom. The van der Waals surface area contributed by atoms with E-state index in [0.717, 1.165) is 18.9 Å². The highest BCUT2D eigenvalue weighted by Gasteiger charge is 2.15. The summed E-state index contributed by atoms with van der Waals surface area (Å²) in [5, 5.41) is 7.41. The first-order valence-electron chi connectivity index (χ1n) is 4.19. The van der Waals surface area contributed by atoms with E-state index in [1.165, 1.54) is 0 Å². The predicted molar refractivity (Wildman–Crippen MR) is 45.6 cm³/mol. The third kappa shape index (κ3) is 1.14. The largest absolute Gasteiger partial charge is 0.301 e. The molecule has 0 aromatic carbocycles. The van der Waals surface area contributed by atoms with Gasteiger partial charge in [0.25, 0.3) is 0 Å². The predicted octanol–water partition coefficient (Wildman–Crippen LogP) is 0.498. The van der Waals surface area contributed by atoms with E-state index in [2.05, 4.69) is 34.5 Å². The zero-order valence-electron chi connectivity index (χ0n) is 7.07. The summed E-state index contributed by atoms with van der Waals surface area (Å²) in [5.41, 5.74) is 0. The quantitative estimate of drug-likeness (QED) is 0.647. The minimum absolute atomic E-state index is 0.257. The van der Waals surface area contributed by atoms with Crippen molar-refractivity contribution in [3.63, 3.8) is 0 Å². The third-order valence-corrected chi connectivity index (χ3v) is 2.01. The molecule has 4 nitrogen and oxygen atoms in total. The van der Waals surface area contributed by atoms with Crippen molar-refractivity contribution in [2.45, 2.75) is 19.5 Å². The topological polar surface area (TPSA) is 42.7 Å². The number of aryl methyl sites for hydroxylation is 1. The van der Waals surface area contributed by atoms with Crippen LogP contribution in [0.5, 0.6) is 0 Å². The van der Waals surface area contributed by atoms with Crippen LogP contribution in [0.25, 0.3) is 0 Å². The normalized spacial score (nSPS) is 21.9. The van der Waals surface area contributed by atoms with Gasteiger partial charge in [0.05, 0.1) is 6.04 Å². The van der Waals surface area contributed by atoms with Gasteiger partial charge in [0.2, 0.25) is 0 Å². The van der Waals surface area contributed by atoms with Gasteiger partial charge in [-0.1, -0.05) is 12.2 Å². The molecule has 2 rings (SSSR count). The lowest BCUT2D eigenvalue weighted by Gasteiger charge is -2.08. The highest BCUT2D eigenvalue weighted by Crippen LogP contribution is 2.13. The molecule has 4 heteroatoms. The standard InChI is InChI=1S/C8H12N4/c1-2-12-8(10-6-11-12)7-4-3-5-9-7/h3-4,6-7,9H,2,5H2,1H3. The van der Waals surface area contributed by atoms with E-state index in [1.807, 2.05) is 4.68 Å². The molecule has 1 aliphatic rings. The van der Waals surface area contributed by atoms with Crippen LogP contribution in [-0.4, -0.2) is 21.3 Å². The van der Waals surface area contributed by atoms with Gasteiger partial charge in [-0.3, -0.25) is 0 Å². The Labute approximate surface area is 71.3 Å². The molecule has 1 atom stereocenters. The van der Waals surface area contributed by atoms with Crippen molar-refractivity contribution in [1.29, 1.82) is 0 Å². The second kappa shape index (κ2) is 3.06. The number of rotatable bonds is 2. The van der Waals surface area contributed by atoms with E-state index in [-0.39, 0.29) is 6.04 Å². The van der Waals surface area contributed by atoms with Crippen LogP contribution in [0.3, 0.4) is 0 Å². The average Bonchev–Trinajstić information content (AvgIpc) is 2.74. The molecule has 2 heterocycles. The molecule has 0 aliphatic carbocycles. The van der Waals surface area contributed by atoms with Gasteiger partial charge in [-0.25, -0.2) is 9.67 Å². The number of aromatic nitrogens is 3. The van der Waals surface area contributed by atoms with E-state index in [9.17, 15) is 0 Å². The summed E-state index contributed by atoms with van der Waals surface area (Å²) in [6.45, 7) is 3.87. The van der Waals surface area contributed by atoms with Crippen LogP contribution in [0, 0.1) is 0 Å². The molecule has 0 amide bonds. The van der Waals surface area contributed by atoms with E-state index in [0.29, 0.717) is 0 Å². The number of hydrogen-bond donors (Lipinski definition) is 1. The minimum Gasteiger partial charge on any atom is -0.301 e. The Bertz CT molecular complexity index is 289. The zero-order chi connectivity index (χ0) is 8.39. The summed E-state index contributed by atoms with van der Waals surface area (Å²) in [6, 6.07) is 0.257. The van der Waals surface area contributed by atoms with Gasteiger partial charge in [-0.15, -0.1) is 0 Å². The van der Waals surface area contributed by atoms with Gasteiger partial charge in [-0.2, -0.15) is 5.10 Å². The second-order valence-electron chi connectivity index (χ2n) is 2.75. The van der Waals surface area contributed by atoms with Crippen LogP contribution in [0.4, 0.5) is 0 Å². The fraction of sp³-hybridized carbons (Fsp3) is 0.500. The molecule has 0 radical (unpaired) electrons. The molecule has 12 heavy (non-hydrogen) atoms. The molecule has 1 aromatic rings. The lowest BCUT2D eigenvalue weighted by atomic mass is 10.3. The van der Waals surface area contributed by atoms with Crippen LogP contribution in [0.1, 0.15) is 18.8 Å². The molecule has 1 N–H and O–H groups in total. The smallest absolute Gasteiger partial charge is 0.147 e. The molecule has 0 spiro atoms. The molecule has 1 aliphatic heterocycles. The number of hydrogen-bond acceptors (Lipinski definition) is 3. The average molecular weight is 164 g/mol. The Morgan fingerprint density at radius 1 is 1.75 bits per heavy atom. The summed E-state index contributed by atoms with van der Waals surface area (Å²) in [6.07, 6.45) is 5.84. The highest BCUT2D eigenvalue weighted by atomic mass is 15.3. The second-order valence-corrected chi connectivity index (χ2v) is 2.75. The van der Waals surface area contributed by atoms with Gasteiger partial charge in [0.1, 0.15) is 12.2 Å². The summed E-state index contributed by atoms with van der Waals surface area (Å²) in [4.78, 5) is 4.21. The molecular formula is C8H12N4. The maximum absolute atomic E-state index is 4.21. The first-order valence-corrected chi connectivity index (χ1v) is 4.19. The highest BCUT2D eigenvalue weighted by molar-refractivity contribution is 5.11. The van der Waals surface area contributed by atoms with E-state index >= 15 is 0 Å². The van der Waals surface area contributed by atoms with E-state index in [1.54, 1.807) is 6.33 Å². The van der Waals surface area contributed by atoms with Crippen molar-refractivity contribution >= 4 is 0 Å². The van der Waals surface area contributed by atoms with Gasteiger partial charge >= 0.3 is 0 Å². The van der Waals surface area contributed by atoms with Crippen LogP contribution in [0.2, 0.25) is 0 Å². The van der Waals surface area contributed by atoms with Gasteiger partial charge in [0.15, 0.2) is 0 Å². The molecule has 0 fully saturated rings. The van der Waals surface area contributed by atoms with Crippen molar-refractivity contribution in [2.24, 2.45) is 0 Å². The Kier molecular flexibility index (Phi) is 1.91. The zero-order valence-corrected chi connectivity index (χ0v) is 7.07. The van der Waals surface area contributed by atoms with Crippen molar-refractivity contribution in [3.8, 4) is 0 Å². The Balaban J connectivity index is 2.26. The molecule has 0 bridgehead atoms. The van der Waals surface area contributed by atoms with Crippen LogP contribution < -0.4 is 5.32 Å². The first-order chi connectivity index (χ1) is 5.92. The lowest BCUT2D eigenvalue weighted by molar-refractivity contribution is 0.563. The van der Waals surface area contributed by atoms with Crippen LogP contribution in [0.15, 0.2) is 18.5 Å². The molecule has 0 saturated carbocycles. The van der Waals surface area contributed by atoms with Crippen molar-refractivity contribution in [3.05, 3.63) is 24.3 Å². The van der Waals surface area contributed by atoms with Crippen LogP contribution >= 0.6 is 0 Å². The lowest BCUT2D eigenvalue weighted by Crippen LogP contribution is -2.18. The summed E-state index contributed by atoms with van der Waals surface area (Å²) >= 11 is 0. The molecule has 1 unspecified atom stereocenters. The van der Waals surface area contributed by atoms with Crippen molar-refractivity contribution < 1.29 is 0 Å². The molecule has 0 saturated heterocycles. The van der Waals surface area contributed by atoms with E-state index < -0.39 is 0 Å². The Hall–Kier alpha value is -1.16. The third-order valence-electron chi connectivity index (χ3n) is 2.01. The molecule has 64 valence electrons. The number of nitrogens with zero attached hydrogens (tertiary/aromatic N) is 3. The minimum atomic E-state index is 0.257. The first kappa shape index (κ1) is 7.49. The summed E-state index contributed by atoms with van der Waals surface area (Å²) in [7, 11) is 0. The van der Waals surface area contributed by atoms with Crippen molar-refractivity contribution in [1.82, 2.24) is 20.1 Å². The number of nitrogens with one attached hydrogen (secondary N) is 1. The van der Waals surface area contributed by atoms with Gasteiger partial charge in [-0.05, 0) is 6.92 Å². The fourth-order valence-corrected chi connectivity index (χ4v) is 1.40. The van der Waals surface area contributed by atoms with E-state index in [4.69, 9.17) is 0 Å². The van der Waals surface area contributed by atoms with Gasteiger partial charge < -0.3 is 5.32 Å². The van der Waals surface area contributed by atoms with Crippen LogP contribution in [-0.2, 0) is 6.54 Å². The summed E-state index contributed by atoms with van der Waals surface area (Å²) < 4.78 is 1.91. The maximum atomic E-state index is 4.21. The van der Waals surface area contributed by atoms with Crippen molar-refractivity contribution in [2.75, 3.05) is 6.54 Å². The maximum Gasteiger partial charge on any atom is 0.147 e. The molecule has 1 aromatic heterocycles. The molecular weight excluding hydrogens is 152 g/mol. The SMILES string of the molecule is CCn1ncnc1C1C=CCN1. The van der Waals surface area contributed by atoms with Gasteiger partial charge in [0, 0.05) is 13.1 Å². The monoisotopic (exact) mass is 164 g/mol.